The van der Waals surface area contributed by atoms with Crippen LogP contribution >= 0.6 is 11.6 Å². The zero-order valence-electron chi connectivity index (χ0n) is 21.0. The standard InChI is InChI=1S/C27H21ClFN9O2/c1-2-25(39)37-9-7-36(8-10-37)23-4-3-19-22(14-30-23)31-15-33-27(19)35-17-11-20(28)26(21(29)12-17)40-18-5-6-38-24(13-18)32-16-34-38/h2-3,5-6,11-16H,1,7-10H2,(H,31,33,35). The number of nitrogens with zero attached hydrogens (tertiary/aromatic N) is 8. The van der Waals surface area contributed by atoms with Crippen molar-refractivity contribution in [3.63, 3.8) is 0 Å². The van der Waals surface area contributed by atoms with E-state index in [9.17, 15) is 4.79 Å². The van der Waals surface area contributed by atoms with Gasteiger partial charge in [0, 0.05) is 50.2 Å². The molecular formula is C27H21ClFN9O2. The molecule has 3 aromatic heterocycles. The monoisotopic (exact) mass is 557 g/mol. The van der Waals surface area contributed by atoms with E-state index >= 15 is 4.39 Å². The van der Waals surface area contributed by atoms with E-state index in [1.54, 1.807) is 46.1 Å². The van der Waals surface area contributed by atoms with Gasteiger partial charge in [0.15, 0.2) is 23.0 Å². The Morgan fingerprint density at radius 1 is 1.15 bits per heavy atom. The zero-order chi connectivity index (χ0) is 27.6. The summed E-state index contributed by atoms with van der Waals surface area (Å²) in [6, 6.07) is 6.08. The number of fused-ring (bicyclic) bond motifs is 2. The number of pyridine rings is 1. The summed E-state index contributed by atoms with van der Waals surface area (Å²) in [5, 5.41) is 7.20. The second-order valence-corrected chi connectivity index (χ2v) is 9.24. The number of hydrogen-bond acceptors (Lipinski definition) is 9. The molecule has 0 unspecified atom stereocenters. The zero-order valence-corrected chi connectivity index (χ0v) is 21.7. The SMILES string of the molecule is C=CC(=O)N1CCN(C2=C=Cc3c(ncnc3Nc3cc(F)c(Oc4ccn5ncnc5c4)c(Cl)c3)C=N2)CC1. The van der Waals surface area contributed by atoms with Crippen LogP contribution in [0, 0.1) is 5.82 Å². The lowest BCUT2D eigenvalue weighted by atomic mass is 10.2. The van der Waals surface area contributed by atoms with E-state index in [4.69, 9.17) is 16.3 Å². The van der Waals surface area contributed by atoms with Gasteiger partial charge in [-0.15, -0.1) is 0 Å². The molecule has 1 saturated heterocycles. The molecule has 0 spiro atoms. The number of halogens is 2. The molecule has 0 atom stereocenters. The maximum absolute atomic E-state index is 15.1. The average molecular weight is 558 g/mol. The number of nitrogens with one attached hydrogen (secondary N) is 1. The Morgan fingerprint density at radius 2 is 2.00 bits per heavy atom. The topological polar surface area (TPSA) is 113 Å². The van der Waals surface area contributed by atoms with Crippen molar-refractivity contribution in [2.24, 2.45) is 4.99 Å². The van der Waals surface area contributed by atoms with E-state index in [1.165, 1.54) is 24.8 Å². The van der Waals surface area contributed by atoms with Gasteiger partial charge in [0.05, 0.1) is 22.5 Å². The van der Waals surface area contributed by atoms with Gasteiger partial charge in [-0.3, -0.25) is 4.79 Å². The number of aliphatic imine (C=N–C) groups is 1. The molecule has 6 rings (SSSR count). The molecule has 4 aromatic rings. The quantitative estimate of drug-likeness (QED) is 0.279. The fourth-order valence-corrected chi connectivity index (χ4v) is 4.58. The Kier molecular flexibility index (Phi) is 6.69. The fraction of sp³-hybridized carbons (Fsp3) is 0.148. The van der Waals surface area contributed by atoms with Gasteiger partial charge in [0.2, 0.25) is 5.91 Å². The highest BCUT2D eigenvalue weighted by atomic mass is 35.5. The third-order valence-corrected chi connectivity index (χ3v) is 6.65. The highest BCUT2D eigenvalue weighted by molar-refractivity contribution is 6.32. The summed E-state index contributed by atoms with van der Waals surface area (Å²) < 4.78 is 22.4. The highest BCUT2D eigenvalue weighted by Gasteiger charge is 2.22. The fourth-order valence-electron chi connectivity index (χ4n) is 4.34. The molecule has 0 bridgehead atoms. The number of carbonyl (C=O) groups is 1. The number of aromatic nitrogens is 5. The van der Waals surface area contributed by atoms with Crippen molar-refractivity contribution in [3.05, 3.63) is 89.4 Å². The van der Waals surface area contributed by atoms with E-state index in [-0.39, 0.29) is 16.7 Å². The molecule has 40 heavy (non-hydrogen) atoms. The molecule has 0 radical (unpaired) electrons. The predicted octanol–water partition coefficient (Wildman–Crippen LogP) is 4.06. The molecule has 200 valence electrons. The van der Waals surface area contributed by atoms with Crippen molar-refractivity contribution >= 4 is 47.0 Å². The van der Waals surface area contributed by atoms with Crippen LogP contribution in [0.1, 0.15) is 11.3 Å². The van der Waals surface area contributed by atoms with Gasteiger partial charge < -0.3 is 19.9 Å². The Bertz CT molecular complexity index is 1710. The summed E-state index contributed by atoms with van der Waals surface area (Å²) >= 11 is 6.41. The van der Waals surface area contributed by atoms with Gasteiger partial charge in [-0.25, -0.2) is 28.9 Å². The molecule has 0 aliphatic carbocycles. The van der Waals surface area contributed by atoms with Gasteiger partial charge in [0.25, 0.3) is 0 Å². The smallest absolute Gasteiger partial charge is 0.246 e. The first-order valence-corrected chi connectivity index (χ1v) is 12.6. The summed E-state index contributed by atoms with van der Waals surface area (Å²) in [4.78, 5) is 33.0. The molecule has 1 N–H and O–H groups in total. The summed E-state index contributed by atoms with van der Waals surface area (Å²) in [5.74, 6) is 0.541. The minimum Gasteiger partial charge on any atom is -0.453 e. The third kappa shape index (κ3) is 5.00. The van der Waals surface area contributed by atoms with Crippen LogP contribution in [0.4, 0.5) is 15.9 Å². The highest BCUT2D eigenvalue weighted by Crippen LogP contribution is 2.36. The average Bonchev–Trinajstić information content (AvgIpc) is 3.32. The van der Waals surface area contributed by atoms with Crippen molar-refractivity contribution in [3.8, 4) is 11.5 Å². The van der Waals surface area contributed by atoms with Crippen LogP contribution in [0.15, 0.2) is 72.3 Å². The van der Waals surface area contributed by atoms with Crippen LogP contribution in [0.25, 0.3) is 11.7 Å². The molecule has 1 aromatic carbocycles. The molecule has 11 nitrogen and oxygen atoms in total. The van der Waals surface area contributed by atoms with Crippen molar-refractivity contribution in [2.45, 2.75) is 0 Å². The lowest BCUT2D eigenvalue weighted by Gasteiger charge is -2.34. The van der Waals surface area contributed by atoms with Gasteiger partial charge in [-0.2, -0.15) is 5.10 Å². The second kappa shape index (κ2) is 10.6. The van der Waals surface area contributed by atoms with E-state index in [1.807, 2.05) is 4.90 Å². The van der Waals surface area contributed by atoms with Gasteiger partial charge in [0.1, 0.15) is 24.2 Å². The number of rotatable bonds is 6. The molecule has 5 heterocycles. The maximum Gasteiger partial charge on any atom is 0.246 e. The van der Waals surface area contributed by atoms with Crippen molar-refractivity contribution < 1.29 is 13.9 Å². The van der Waals surface area contributed by atoms with Gasteiger partial charge in [-0.05, 0) is 24.3 Å². The van der Waals surface area contributed by atoms with Crippen molar-refractivity contribution in [1.29, 1.82) is 0 Å². The first-order chi connectivity index (χ1) is 19.5. The number of carbonyl (C=O) groups excluding carboxylic acids is 1. The molecule has 2 aliphatic rings. The van der Waals surface area contributed by atoms with Gasteiger partial charge >= 0.3 is 0 Å². The first kappa shape index (κ1) is 25.2. The molecule has 13 heteroatoms. The summed E-state index contributed by atoms with van der Waals surface area (Å²) in [5.41, 5.74) is 5.31. The lowest BCUT2D eigenvalue weighted by molar-refractivity contribution is -0.127. The first-order valence-electron chi connectivity index (χ1n) is 12.2. The Morgan fingerprint density at radius 3 is 2.80 bits per heavy atom. The molecular weight excluding hydrogens is 537 g/mol. The summed E-state index contributed by atoms with van der Waals surface area (Å²) in [6.07, 6.45) is 9.14. The minimum atomic E-state index is -0.662. The van der Waals surface area contributed by atoms with Gasteiger partial charge in [-0.1, -0.05) is 23.9 Å². The van der Waals surface area contributed by atoms with Crippen LogP contribution in [0.2, 0.25) is 5.02 Å². The van der Waals surface area contributed by atoms with Crippen molar-refractivity contribution in [1.82, 2.24) is 34.4 Å². The number of benzene rings is 1. The number of amides is 1. The van der Waals surface area contributed by atoms with E-state index < -0.39 is 5.82 Å². The minimum absolute atomic E-state index is 0.0670. The largest absolute Gasteiger partial charge is 0.453 e. The lowest BCUT2D eigenvalue weighted by Crippen LogP contribution is -2.47. The third-order valence-electron chi connectivity index (χ3n) is 6.37. The normalized spacial score (nSPS) is 14.5. The van der Waals surface area contributed by atoms with Crippen LogP contribution in [-0.2, 0) is 4.79 Å². The number of anilines is 2. The molecule has 1 fully saturated rings. The van der Waals surface area contributed by atoms with Crippen LogP contribution in [0.3, 0.4) is 0 Å². The number of ether oxygens (including phenoxy) is 1. The van der Waals surface area contributed by atoms with Crippen molar-refractivity contribution in [2.75, 3.05) is 31.5 Å². The molecule has 1 amide bonds. The van der Waals surface area contributed by atoms with E-state index in [0.29, 0.717) is 66.2 Å². The summed E-state index contributed by atoms with van der Waals surface area (Å²) in [6.45, 7) is 5.89. The number of piperazine rings is 1. The van der Waals surface area contributed by atoms with Crippen LogP contribution in [0.5, 0.6) is 11.5 Å². The Hall–Kier alpha value is -5.06. The van der Waals surface area contributed by atoms with E-state index in [2.05, 4.69) is 42.7 Å². The van der Waals surface area contributed by atoms with E-state index in [0.717, 1.165) is 0 Å². The Labute approximate surface area is 232 Å². The second-order valence-electron chi connectivity index (χ2n) is 8.83. The van der Waals surface area contributed by atoms with Crippen LogP contribution < -0.4 is 10.1 Å². The number of hydrogen-bond donors (Lipinski definition) is 1. The molecule has 0 saturated carbocycles. The predicted molar refractivity (Wildman–Crippen MR) is 147 cm³/mol. The van der Waals surface area contributed by atoms with Crippen LogP contribution in [-0.4, -0.2) is 72.7 Å². The summed E-state index contributed by atoms with van der Waals surface area (Å²) in [7, 11) is 0. The Balaban J connectivity index is 1.22. The maximum atomic E-state index is 15.1. The molecule has 2 aliphatic heterocycles.